The predicted molar refractivity (Wildman–Crippen MR) is 39.5 cm³/mol. The summed E-state index contributed by atoms with van der Waals surface area (Å²) in [6.45, 7) is 3.08. The van der Waals surface area contributed by atoms with Gasteiger partial charge in [-0.3, -0.25) is 0 Å². The second-order valence-corrected chi connectivity index (χ2v) is 2.17. The van der Waals surface area contributed by atoms with Gasteiger partial charge in [0.1, 0.15) is 0 Å². The van der Waals surface area contributed by atoms with Crippen LogP contribution in [0, 0.1) is 0 Å². The molecule has 0 heterocycles. The molecule has 0 amide bonds. The highest BCUT2D eigenvalue weighted by Gasteiger charge is 1.95. The Labute approximate surface area is 61.8 Å². The third kappa shape index (κ3) is 5.97. The normalized spacial score (nSPS) is 10.8. The van der Waals surface area contributed by atoms with Crippen LogP contribution in [0.4, 0.5) is 0 Å². The molecule has 0 aromatic rings. The number of ether oxygens (including phenoxy) is 1. The van der Waals surface area contributed by atoms with Gasteiger partial charge >= 0.3 is 0 Å². The van der Waals surface area contributed by atoms with E-state index in [2.05, 4.69) is 9.74 Å². The van der Waals surface area contributed by atoms with E-state index in [1.807, 2.05) is 7.05 Å². The van der Waals surface area contributed by atoms with Crippen molar-refractivity contribution in [3.8, 4) is 0 Å². The molecule has 0 aliphatic rings. The zero-order chi connectivity index (χ0) is 7.82. The van der Waals surface area contributed by atoms with Crippen molar-refractivity contribution < 1.29 is 9.57 Å². The monoisotopic (exact) mass is 148 g/mol. The summed E-state index contributed by atoms with van der Waals surface area (Å²) in [5, 5.41) is 0. The van der Waals surface area contributed by atoms with E-state index in [0.717, 1.165) is 19.7 Å². The fourth-order valence-electron chi connectivity index (χ4n) is 0.567. The topological polar surface area (TPSA) is 47.7 Å². The number of hydrogen-bond acceptors (Lipinski definition) is 4. The summed E-state index contributed by atoms with van der Waals surface area (Å²) in [5.41, 5.74) is 0. The van der Waals surface area contributed by atoms with Crippen molar-refractivity contribution in [2.45, 2.75) is 0 Å². The number of rotatable bonds is 6. The van der Waals surface area contributed by atoms with E-state index in [0.29, 0.717) is 6.61 Å². The standard InChI is InChI=1S/C6H16N2O2/c1-8(3-5-9-2)4-6-10-7/h3-7H2,1-2H3. The second-order valence-electron chi connectivity index (χ2n) is 2.17. The Morgan fingerprint density at radius 3 is 2.40 bits per heavy atom. The number of methoxy groups -OCH3 is 1. The number of nitrogens with zero attached hydrogens (tertiary/aromatic N) is 1. The van der Waals surface area contributed by atoms with Crippen LogP contribution in [0.2, 0.25) is 0 Å². The van der Waals surface area contributed by atoms with Gasteiger partial charge in [0.05, 0.1) is 13.2 Å². The van der Waals surface area contributed by atoms with E-state index < -0.39 is 0 Å². The molecule has 10 heavy (non-hydrogen) atoms. The van der Waals surface area contributed by atoms with Crippen molar-refractivity contribution in [2.24, 2.45) is 5.90 Å². The predicted octanol–water partition coefficient (Wildman–Crippen LogP) is -0.545. The number of nitrogens with two attached hydrogens (primary N) is 1. The van der Waals surface area contributed by atoms with Gasteiger partial charge in [-0.2, -0.15) is 0 Å². The first-order valence-corrected chi connectivity index (χ1v) is 3.30. The first-order valence-electron chi connectivity index (χ1n) is 3.30. The molecule has 0 spiro atoms. The van der Waals surface area contributed by atoms with Gasteiger partial charge in [-0.05, 0) is 7.05 Å². The highest BCUT2D eigenvalue weighted by Crippen LogP contribution is 1.80. The molecule has 0 unspecified atom stereocenters. The molecule has 0 rings (SSSR count). The van der Waals surface area contributed by atoms with E-state index >= 15 is 0 Å². The Morgan fingerprint density at radius 2 is 1.90 bits per heavy atom. The van der Waals surface area contributed by atoms with Gasteiger partial charge in [0.2, 0.25) is 0 Å². The summed E-state index contributed by atoms with van der Waals surface area (Å²) in [4.78, 5) is 6.50. The van der Waals surface area contributed by atoms with E-state index in [4.69, 9.17) is 10.6 Å². The van der Waals surface area contributed by atoms with Crippen LogP contribution < -0.4 is 5.90 Å². The van der Waals surface area contributed by atoms with Gasteiger partial charge < -0.3 is 14.5 Å². The fraction of sp³-hybridized carbons (Fsp3) is 1.00. The maximum atomic E-state index is 4.88. The van der Waals surface area contributed by atoms with Crippen LogP contribution in [0.5, 0.6) is 0 Å². The molecule has 0 radical (unpaired) electrons. The van der Waals surface area contributed by atoms with Gasteiger partial charge in [-0.25, -0.2) is 5.90 Å². The maximum absolute atomic E-state index is 4.88. The minimum absolute atomic E-state index is 0.570. The van der Waals surface area contributed by atoms with E-state index in [9.17, 15) is 0 Å². The molecule has 0 saturated carbocycles. The highest BCUT2D eigenvalue weighted by atomic mass is 16.6. The summed E-state index contributed by atoms with van der Waals surface area (Å²) in [7, 11) is 3.69. The average Bonchev–Trinajstić information content (AvgIpc) is 1.97. The molecule has 4 heteroatoms. The molecule has 0 aliphatic heterocycles. The lowest BCUT2D eigenvalue weighted by Crippen LogP contribution is -2.27. The number of hydrogen-bond donors (Lipinski definition) is 1. The third-order valence-corrected chi connectivity index (χ3v) is 1.27. The lowest BCUT2D eigenvalue weighted by Gasteiger charge is -2.14. The average molecular weight is 148 g/mol. The molecule has 0 atom stereocenters. The van der Waals surface area contributed by atoms with Crippen molar-refractivity contribution in [1.29, 1.82) is 0 Å². The maximum Gasteiger partial charge on any atom is 0.0806 e. The zero-order valence-electron chi connectivity index (χ0n) is 6.67. The Kier molecular flexibility index (Phi) is 6.84. The van der Waals surface area contributed by atoms with Crippen LogP contribution >= 0.6 is 0 Å². The van der Waals surface area contributed by atoms with Crippen molar-refractivity contribution in [2.75, 3.05) is 40.5 Å². The molecule has 2 N–H and O–H groups in total. The summed E-state index contributed by atoms with van der Waals surface area (Å²) >= 11 is 0. The molecule has 4 nitrogen and oxygen atoms in total. The first-order chi connectivity index (χ1) is 4.81. The van der Waals surface area contributed by atoms with Crippen LogP contribution in [-0.4, -0.2) is 45.4 Å². The van der Waals surface area contributed by atoms with Crippen LogP contribution in [0.25, 0.3) is 0 Å². The summed E-state index contributed by atoms with van der Waals surface area (Å²) in [5.74, 6) is 4.85. The summed E-state index contributed by atoms with van der Waals surface area (Å²) < 4.78 is 4.88. The second kappa shape index (κ2) is 6.95. The smallest absolute Gasteiger partial charge is 0.0806 e. The lowest BCUT2D eigenvalue weighted by atomic mass is 10.5. The SMILES string of the molecule is COCCN(C)CCON. The lowest BCUT2D eigenvalue weighted by molar-refractivity contribution is 0.0997. The number of likely N-dealkylation sites (N-methyl/N-ethyl adjacent to an activating group) is 1. The van der Waals surface area contributed by atoms with E-state index in [1.54, 1.807) is 7.11 Å². The molecular weight excluding hydrogens is 132 g/mol. The highest BCUT2D eigenvalue weighted by molar-refractivity contribution is 4.47. The molecule has 0 aromatic carbocycles. The molecule has 0 fully saturated rings. The largest absolute Gasteiger partial charge is 0.383 e. The first kappa shape index (κ1) is 9.84. The quantitative estimate of drug-likeness (QED) is 0.514. The Hall–Kier alpha value is -0.160. The van der Waals surface area contributed by atoms with Crippen molar-refractivity contribution >= 4 is 0 Å². The minimum atomic E-state index is 0.570. The molecule has 0 bridgehead atoms. The van der Waals surface area contributed by atoms with Crippen LogP contribution in [-0.2, 0) is 9.57 Å². The van der Waals surface area contributed by atoms with Crippen LogP contribution in [0.15, 0.2) is 0 Å². The third-order valence-electron chi connectivity index (χ3n) is 1.27. The Bertz CT molecular complexity index is 62.8. The fourth-order valence-corrected chi connectivity index (χ4v) is 0.567. The van der Waals surface area contributed by atoms with Gasteiger partial charge in [0, 0.05) is 20.2 Å². The van der Waals surface area contributed by atoms with Crippen LogP contribution in [0.1, 0.15) is 0 Å². The van der Waals surface area contributed by atoms with E-state index in [-0.39, 0.29) is 0 Å². The van der Waals surface area contributed by atoms with Gasteiger partial charge in [0.25, 0.3) is 0 Å². The molecular formula is C6H16N2O2. The van der Waals surface area contributed by atoms with Crippen LogP contribution in [0.3, 0.4) is 0 Å². The molecule has 0 saturated heterocycles. The molecule has 62 valence electrons. The summed E-state index contributed by atoms with van der Waals surface area (Å²) in [6, 6.07) is 0. The van der Waals surface area contributed by atoms with E-state index in [1.165, 1.54) is 0 Å². The van der Waals surface area contributed by atoms with Crippen molar-refractivity contribution in [3.05, 3.63) is 0 Å². The van der Waals surface area contributed by atoms with Gasteiger partial charge in [-0.1, -0.05) is 0 Å². The van der Waals surface area contributed by atoms with Gasteiger partial charge in [-0.15, -0.1) is 0 Å². The Morgan fingerprint density at radius 1 is 1.30 bits per heavy atom. The van der Waals surface area contributed by atoms with Crippen molar-refractivity contribution in [1.82, 2.24) is 4.90 Å². The summed E-state index contributed by atoms with van der Waals surface area (Å²) in [6.07, 6.45) is 0. The molecule has 0 aromatic heterocycles. The molecule has 0 aliphatic carbocycles. The van der Waals surface area contributed by atoms with Crippen molar-refractivity contribution in [3.63, 3.8) is 0 Å². The Balaban J connectivity index is 3.00. The van der Waals surface area contributed by atoms with Gasteiger partial charge in [0.15, 0.2) is 0 Å². The minimum Gasteiger partial charge on any atom is -0.383 e. The zero-order valence-corrected chi connectivity index (χ0v) is 6.67.